The van der Waals surface area contributed by atoms with Crippen molar-refractivity contribution < 1.29 is 9.13 Å². The average Bonchev–Trinajstić information content (AvgIpc) is 3.02. The largest absolute Gasteiger partial charge is 0.379 e. The highest BCUT2D eigenvalue weighted by Crippen LogP contribution is 2.21. The van der Waals surface area contributed by atoms with E-state index >= 15 is 0 Å². The van der Waals surface area contributed by atoms with Crippen LogP contribution in [0.2, 0.25) is 0 Å². The van der Waals surface area contributed by atoms with Crippen LogP contribution in [0.25, 0.3) is 0 Å². The molecule has 1 aromatic carbocycles. The summed E-state index contributed by atoms with van der Waals surface area (Å²) in [6.07, 6.45) is 3.17. The van der Waals surface area contributed by atoms with E-state index < -0.39 is 0 Å². The number of benzene rings is 1. The first-order chi connectivity index (χ1) is 10.3. The van der Waals surface area contributed by atoms with Crippen molar-refractivity contribution >= 4 is 11.4 Å². The first-order valence-corrected chi connectivity index (χ1v) is 6.80. The van der Waals surface area contributed by atoms with Gasteiger partial charge in [-0.1, -0.05) is 6.07 Å². The lowest BCUT2D eigenvalue weighted by molar-refractivity contribution is 0.0337. The Bertz CT molecular complexity index is 608. The Kier molecular flexibility index (Phi) is 4.32. The Morgan fingerprint density at radius 1 is 1.24 bits per heavy atom. The van der Waals surface area contributed by atoms with Gasteiger partial charge in [-0.05, 0) is 6.07 Å². The molecule has 0 unspecified atom stereocenters. The third kappa shape index (κ3) is 3.71. The molecule has 21 heavy (non-hydrogen) atoms. The Hall–Kier alpha value is -2.12. The van der Waals surface area contributed by atoms with Crippen molar-refractivity contribution in [3.8, 4) is 0 Å². The summed E-state index contributed by atoms with van der Waals surface area (Å²) in [5.41, 5.74) is 1.76. The minimum absolute atomic E-state index is 0.259. The monoisotopic (exact) mass is 289 g/mol. The summed E-state index contributed by atoms with van der Waals surface area (Å²) in [4.78, 5) is 2.18. The highest BCUT2D eigenvalue weighted by atomic mass is 19.1. The zero-order valence-electron chi connectivity index (χ0n) is 11.5. The molecule has 0 spiro atoms. The van der Waals surface area contributed by atoms with Crippen LogP contribution in [0.3, 0.4) is 0 Å². The molecule has 1 aromatic heterocycles. The van der Waals surface area contributed by atoms with E-state index in [0.717, 1.165) is 13.1 Å². The molecule has 0 aliphatic carbocycles. The number of hydrogen-bond donors (Lipinski definition) is 1. The van der Waals surface area contributed by atoms with Crippen molar-refractivity contribution in [2.24, 2.45) is 10.2 Å². The van der Waals surface area contributed by atoms with Crippen LogP contribution in [0.5, 0.6) is 0 Å². The maximum absolute atomic E-state index is 14.1. The maximum Gasteiger partial charge on any atom is 0.129 e. The number of ether oxygens (including phenoxy) is 1. The standard InChI is InChI=1S/C14H16FN5O/c15-14-7-12(18-19-13-8-16-17-9-13)2-1-11(14)10-20-3-5-21-6-4-20/h1-2,7-9H,3-6,10H2,(H,16,17). The maximum atomic E-state index is 14.1. The van der Waals surface area contributed by atoms with E-state index in [-0.39, 0.29) is 5.82 Å². The molecular weight excluding hydrogens is 273 g/mol. The molecule has 0 atom stereocenters. The molecule has 6 nitrogen and oxygen atoms in total. The SMILES string of the molecule is Fc1cc(N=Nc2cn[nH]c2)ccc1CN1CCOCC1. The lowest BCUT2D eigenvalue weighted by Gasteiger charge is -2.26. The highest BCUT2D eigenvalue weighted by molar-refractivity contribution is 5.40. The predicted octanol–water partition coefficient (Wildman–Crippen LogP) is 2.80. The minimum atomic E-state index is -0.259. The van der Waals surface area contributed by atoms with Crippen LogP contribution in [0.4, 0.5) is 15.8 Å². The van der Waals surface area contributed by atoms with Gasteiger partial charge in [-0.25, -0.2) is 4.39 Å². The van der Waals surface area contributed by atoms with Gasteiger partial charge in [0.15, 0.2) is 0 Å². The van der Waals surface area contributed by atoms with E-state index in [4.69, 9.17) is 4.74 Å². The van der Waals surface area contributed by atoms with Crippen LogP contribution in [0, 0.1) is 5.82 Å². The molecule has 2 heterocycles. The molecule has 1 aliphatic heterocycles. The summed E-state index contributed by atoms with van der Waals surface area (Å²) in [5.74, 6) is -0.259. The molecule has 0 amide bonds. The molecule has 1 saturated heterocycles. The Labute approximate surface area is 121 Å². The third-order valence-electron chi connectivity index (χ3n) is 3.30. The van der Waals surface area contributed by atoms with E-state index in [1.807, 2.05) is 0 Å². The molecule has 0 radical (unpaired) electrons. The molecule has 1 N–H and O–H groups in total. The summed E-state index contributed by atoms with van der Waals surface area (Å²) < 4.78 is 19.4. The van der Waals surface area contributed by atoms with Crippen molar-refractivity contribution in [1.29, 1.82) is 0 Å². The molecule has 1 fully saturated rings. The van der Waals surface area contributed by atoms with Gasteiger partial charge in [0.05, 0.1) is 25.1 Å². The van der Waals surface area contributed by atoms with E-state index in [1.54, 1.807) is 24.5 Å². The highest BCUT2D eigenvalue weighted by Gasteiger charge is 2.13. The van der Waals surface area contributed by atoms with E-state index in [2.05, 4.69) is 25.3 Å². The molecule has 0 saturated carbocycles. The fraction of sp³-hybridized carbons (Fsp3) is 0.357. The van der Waals surface area contributed by atoms with Gasteiger partial charge in [0, 0.05) is 37.5 Å². The molecule has 7 heteroatoms. The van der Waals surface area contributed by atoms with E-state index in [1.165, 1.54) is 6.07 Å². The average molecular weight is 289 g/mol. The number of aromatic nitrogens is 2. The molecule has 2 aromatic rings. The number of aromatic amines is 1. The zero-order valence-corrected chi connectivity index (χ0v) is 11.5. The number of nitrogens with zero attached hydrogens (tertiary/aromatic N) is 4. The molecule has 3 rings (SSSR count). The van der Waals surface area contributed by atoms with Crippen molar-refractivity contribution in [2.75, 3.05) is 26.3 Å². The lowest BCUT2D eigenvalue weighted by atomic mass is 10.1. The fourth-order valence-electron chi connectivity index (χ4n) is 2.14. The van der Waals surface area contributed by atoms with Crippen molar-refractivity contribution in [3.05, 3.63) is 42.0 Å². The number of nitrogens with one attached hydrogen (secondary N) is 1. The fourth-order valence-corrected chi connectivity index (χ4v) is 2.14. The second-order valence-corrected chi connectivity index (χ2v) is 4.82. The quantitative estimate of drug-likeness (QED) is 0.880. The van der Waals surface area contributed by atoms with Crippen LogP contribution in [0.15, 0.2) is 40.8 Å². The van der Waals surface area contributed by atoms with Gasteiger partial charge in [-0.15, -0.1) is 5.11 Å². The first-order valence-electron chi connectivity index (χ1n) is 6.80. The van der Waals surface area contributed by atoms with E-state index in [0.29, 0.717) is 36.7 Å². The Balaban J connectivity index is 1.67. The Morgan fingerprint density at radius 2 is 2.05 bits per heavy atom. The van der Waals surface area contributed by atoms with Gasteiger partial charge in [0.1, 0.15) is 11.5 Å². The second kappa shape index (κ2) is 6.55. The number of rotatable bonds is 4. The summed E-state index contributed by atoms with van der Waals surface area (Å²) in [7, 11) is 0. The van der Waals surface area contributed by atoms with Gasteiger partial charge >= 0.3 is 0 Å². The summed E-state index contributed by atoms with van der Waals surface area (Å²) in [6, 6.07) is 4.93. The zero-order chi connectivity index (χ0) is 14.5. The van der Waals surface area contributed by atoms with Gasteiger partial charge < -0.3 is 4.74 Å². The van der Waals surface area contributed by atoms with Crippen LogP contribution >= 0.6 is 0 Å². The summed E-state index contributed by atoms with van der Waals surface area (Å²) in [5, 5.41) is 14.4. The number of H-pyrrole nitrogens is 1. The van der Waals surface area contributed by atoms with Crippen molar-refractivity contribution in [1.82, 2.24) is 15.1 Å². The number of azo groups is 1. The molecule has 0 bridgehead atoms. The second-order valence-electron chi connectivity index (χ2n) is 4.82. The normalized spacial score (nSPS) is 16.6. The van der Waals surface area contributed by atoms with Crippen molar-refractivity contribution in [2.45, 2.75) is 6.54 Å². The summed E-state index contributed by atoms with van der Waals surface area (Å²) in [6.45, 7) is 3.67. The van der Waals surface area contributed by atoms with Gasteiger partial charge in [-0.3, -0.25) is 10.00 Å². The molecule has 1 aliphatic rings. The smallest absolute Gasteiger partial charge is 0.129 e. The van der Waals surface area contributed by atoms with Gasteiger partial charge in [-0.2, -0.15) is 10.2 Å². The van der Waals surface area contributed by atoms with Crippen LogP contribution in [-0.4, -0.2) is 41.4 Å². The number of halogens is 1. The summed E-state index contributed by atoms with van der Waals surface area (Å²) >= 11 is 0. The number of morpholine rings is 1. The van der Waals surface area contributed by atoms with Crippen LogP contribution in [-0.2, 0) is 11.3 Å². The Morgan fingerprint density at radius 3 is 2.76 bits per heavy atom. The first kappa shape index (κ1) is 13.8. The van der Waals surface area contributed by atoms with Gasteiger partial charge in [0.25, 0.3) is 0 Å². The molecular formula is C14H16FN5O. The lowest BCUT2D eigenvalue weighted by Crippen LogP contribution is -2.35. The molecule has 110 valence electrons. The predicted molar refractivity (Wildman–Crippen MR) is 75.3 cm³/mol. The van der Waals surface area contributed by atoms with Crippen molar-refractivity contribution in [3.63, 3.8) is 0 Å². The van der Waals surface area contributed by atoms with E-state index in [9.17, 15) is 4.39 Å². The number of hydrogen-bond acceptors (Lipinski definition) is 5. The van der Waals surface area contributed by atoms with Crippen LogP contribution in [0.1, 0.15) is 5.56 Å². The van der Waals surface area contributed by atoms with Gasteiger partial charge in [0.2, 0.25) is 0 Å². The van der Waals surface area contributed by atoms with Crippen LogP contribution < -0.4 is 0 Å². The topological polar surface area (TPSA) is 65.9 Å². The minimum Gasteiger partial charge on any atom is -0.379 e. The third-order valence-corrected chi connectivity index (χ3v) is 3.30.